The van der Waals surface area contributed by atoms with Crippen LogP contribution < -0.4 is 0 Å². The maximum absolute atomic E-state index is 4.23. The Hall–Kier alpha value is 0.0900. The molecule has 0 saturated heterocycles. The predicted molar refractivity (Wildman–Crippen MR) is 88.7 cm³/mol. The lowest BCUT2D eigenvalue weighted by Gasteiger charge is -1.98. The first-order valence-corrected chi connectivity index (χ1v) is 8.81. The minimum atomic E-state index is 1.05. The second kappa shape index (κ2) is 17.1. The highest BCUT2D eigenvalue weighted by molar-refractivity contribution is 7.80. The summed E-state index contributed by atoms with van der Waals surface area (Å²) in [6.45, 7) is 2.28. The van der Waals surface area contributed by atoms with Crippen molar-refractivity contribution in [3.05, 3.63) is 12.2 Å². The molecule has 108 valence electrons. The van der Waals surface area contributed by atoms with E-state index in [9.17, 15) is 0 Å². The number of rotatable bonds is 14. The first kappa shape index (κ1) is 18.1. The van der Waals surface area contributed by atoms with Crippen LogP contribution in [0.5, 0.6) is 0 Å². The third kappa shape index (κ3) is 16.1. The van der Waals surface area contributed by atoms with Gasteiger partial charge in [-0.2, -0.15) is 12.6 Å². The first-order chi connectivity index (χ1) is 8.91. The second-order valence-electron chi connectivity index (χ2n) is 5.31. The Kier molecular flexibility index (Phi) is 17.2. The number of allylic oxidation sites excluding steroid dienone is 2. The van der Waals surface area contributed by atoms with Crippen molar-refractivity contribution in [3.63, 3.8) is 0 Å². The Labute approximate surface area is 121 Å². The molecule has 0 bridgehead atoms. The van der Waals surface area contributed by atoms with Crippen LogP contribution in [0.2, 0.25) is 0 Å². The summed E-state index contributed by atoms with van der Waals surface area (Å²) in [5.74, 6) is 1.05. The average Bonchev–Trinajstić information content (AvgIpc) is 2.39. The van der Waals surface area contributed by atoms with E-state index >= 15 is 0 Å². The molecular formula is C17H34S. The molecule has 0 fully saturated rings. The van der Waals surface area contributed by atoms with Crippen molar-refractivity contribution in [2.24, 2.45) is 0 Å². The maximum atomic E-state index is 4.23. The van der Waals surface area contributed by atoms with E-state index in [-0.39, 0.29) is 0 Å². The van der Waals surface area contributed by atoms with Gasteiger partial charge in [-0.15, -0.1) is 0 Å². The fourth-order valence-corrected chi connectivity index (χ4v) is 2.41. The highest BCUT2D eigenvalue weighted by Gasteiger charge is 1.89. The number of unbranched alkanes of at least 4 members (excludes halogenated alkanes) is 11. The highest BCUT2D eigenvalue weighted by Crippen LogP contribution is 2.09. The van der Waals surface area contributed by atoms with Gasteiger partial charge in [0.1, 0.15) is 0 Å². The molecule has 0 atom stereocenters. The molecule has 0 amide bonds. The monoisotopic (exact) mass is 270 g/mol. The average molecular weight is 271 g/mol. The van der Waals surface area contributed by atoms with E-state index in [2.05, 4.69) is 31.7 Å². The van der Waals surface area contributed by atoms with Crippen LogP contribution >= 0.6 is 12.6 Å². The number of thiol groups is 1. The van der Waals surface area contributed by atoms with Crippen molar-refractivity contribution in [2.45, 2.75) is 90.4 Å². The quantitative estimate of drug-likeness (QED) is 0.206. The van der Waals surface area contributed by atoms with Gasteiger partial charge in [0.2, 0.25) is 0 Å². The molecule has 18 heavy (non-hydrogen) atoms. The van der Waals surface area contributed by atoms with Crippen LogP contribution in [0.4, 0.5) is 0 Å². The number of hydrogen-bond acceptors (Lipinski definition) is 1. The van der Waals surface area contributed by atoms with Gasteiger partial charge in [-0.1, -0.05) is 70.4 Å². The molecule has 0 rings (SSSR count). The molecule has 0 aromatic carbocycles. The van der Waals surface area contributed by atoms with E-state index in [1.165, 1.54) is 83.5 Å². The zero-order valence-electron chi connectivity index (χ0n) is 12.5. The SMILES string of the molecule is CCCCCCCCC=CCCCCCCCS. The van der Waals surface area contributed by atoms with Crippen LogP contribution in [0.25, 0.3) is 0 Å². The fourth-order valence-electron chi connectivity index (χ4n) is 2.18. The molecule has 0 unspecified atom stereocenters. The summed E-state index contributed by atoms with van der Waals surface area (Å²) in [5.41, 5.74) is 0. The Morgan fingerprint density at radius 2 is 1.06 bits per heavy atom. The van der Waals surface area contributed by atoms with Crippen molar-refractivity contribution in [3.8, 4) is 0 Å². The molecular weight excluding hydrogens is 236 g/mol. The Morgan fingerprint density at radius 1 is 0.611 bits per heavy atom. The summed E-state index contributed by atoms with van der Waals surface area (Å²) in [6.07, 6.45) is 22.7. The van der Waals surface area contributed by atoms with Gasteiger partial charge in [-0.05, 0) is 37.9 Å². The van der Waals surface area contributed by atoms with Gasteiger partial charge in [0.15, 0.2) is 0 Å². The van der Waals surface area contributed by atoms with Crippen LogP contribution in [0, 0.1) is 0 Å². The van der Waals surface area contributed by atoms with E-state index in [0.29, 0.717) is 0 Å². The molecule has 0 heterocycles. The van der Waals surface area contributed by atoms with Crippen LogP contribution in [-0.4, -0.2) is 5.75 Å². The van der Waals surface area contributed by atoms with E-state index in [4.69, 9.17) is 0 Å². The maximum Gasteiger partial charge on any atom is -0.00979 e. The molecule has 1 heteroatoms. The van der Waals surface area contributed by atoms with E-state index < -0.39 is 0 Å². The molecule has 0 saturated carbocycles. The van der Waals surface area contributed by atoms with Crippen LogP contribution in [-0.2, 0) is 0 Å². The third-order valence-corrected chi connectivity index (χ3v) is 3.74. The van der Waals surface area contributed by atoms with Gasteiger partial charge >= 0.3 is 0 Å². The van der Waals surface area contributed by atoms with Gasteiger partial charge in [-0.25, -0.2) is 0 Å². The van der Waals surface area contributed by atoms with Crippen LogP contribution in [0.1, 0.15) is 90.4 Å². The topological polar surface area (TPSA) is 0 Å². The lowest BCUT2D eigenvalue weighted by molar-refractivity contribution is 0.610. The standard InChI is InChI=1S/C17H34S/c1-2-3-4-5-6-7-8-9-10-11-12-13-14-15-16-17-18/h9-10,18H,2-8,11-17H2,1H3. The zero-order chi connectivity index (χ0) is 13.3. The van der Waals surface area contributed by atoms with E-state index in [1.54, 1.807) is 0 Å². The van der Waals surface area contributed by atoms with Crippen molar-refractivity contribution >= 4 is 12.6 Å². The summed E-state index contributed by atoms with van der Waals surface area (Å²) in [4.78, 5) is 0. The normalized spacial score (nSPS) is 11.4. The summed E-state index contributed by atoms with van der Waals surface area (Å²) in [6, 6.07) is 0. The van der Waals surface area contributed by atoms with Crippen molar-refractivity contribution in [1.29, 1.82) is 0 Å². The summed E-state index contributed by atoms with van der Waals surface area (Å²) in [7, 11) is 0. The molecule has 0 aliphatic rings. The van der Waals surface area contributed by atoms with Gasteiger partial charge < -0.3 is 0 Å². The Morgan fingerprint density at radius 3 is 1.56 bits per heavy atom. The van der Waals surface area contributed by atoms with Crippen LogP contribution in [0.15, 0.2) is 12.2 Å². The van der Waals surface area contributed by atoms with Gasteiger partial charge in [0, 0.05) is 0 Å². The van der Waals surface area contributed by atoms with Crippen molar-refractivity contribution in [2.75, 3.05) is 5.75 Å². The minimum Gasteiger partial charge on any atom is -0.179 e. The molecule has 0 spiro atoms. The predicted octanol–water partition coefficient (Wildman–Crippen LogP) is 6.56. The van der Waals surface area contributed by atoms with Gasteiger partial charge in [0.25, 0.3) is 0 Å². The highest BCUT2D eigenvalue weighted by atomic mass is 32.1. The molecule has 0 aliphatic heterocycles. The smallest absolute Gasteiger partial charge is 0.00979 e. The fraction of sp³-hybridized carbons (Fsp3) is 0.882. The number of hydrogen-bond donors (Lipinski definition) is 1. The molecule has 0 aromatic rings. The third-order valence-electron chi connectivity index (χ3n) is 3.42. The first-order valence-electron chi connectivity index (χ1n) is 8.17. The lowest BCUT2D eigenvalue weighted by Crippen LogP contribution is -1.80. The van der Waals surface area contributed by atoms with Gasteiger partial charge in [-0.3, -0.25) is 0 Å². The minimum absolute atomic E-state index is 1.05. The zero-order valence-corrected chi connectivity index (χ0v) is 13.4. The Bertz CT molecular complexity index is 145. The van der Waals surface area contributed by atoms with Crippen molar-refractivity contribution in [1.82, 2.24) is 0 Å². The molecule has 0 aromatic heterocycles. The molecule has 0 N–H and O–H groups in total. The van der Waals surface area contributed by atoms with Crippen molar-refractivity contribution < 1.29 is 0 Å². The van der Waals surface area contributed by atoms with E-state index in [0.717, 1.165) is 5.75 Å². The van der Waals surface area contributed by atoms with E-state index in [1.807, 2.05) is 0 Å². The molecule has 0 aliphatic carbocycles. The molecule has 0 nitrogen and oxygen atoms in total. The Balaban J connectivity index is 3.00. The summed E-state index contributed by atoms with van der Waals surface area (Å²) >= 11 is 4.23. The van der Waals surface area contributed by atoms with Gasteiger partial charge in [0.05, 0.1) is 0 Å². The second-order valence-corrected chi connectivity index (χ2v) is 5.76. The lowest BCUT2D eigenvalue weighted by atomic mass is 10.1. The van der Waals surface area contributed by atoms with Crippen LogP contribution in [0.3, 0.4) is 0 Å². The summed E-state index contributed by atoms with van der Waals surface area (Å²) < 4.78 is 0. The summed E-state index contributed by atoms with van der Waals surface area (Å²) in [5, 5.41) is 0. The largest absolute Gasteiger partial charge is 0.179 e. The molecule has 0 radical (unpaired) electrons.